The first-order chi connectivity index (χ1) is 16.6. The van der Waals surface area contributed by atoms with Crippen molar-refractivity contribution in [3.05, 3.63) is 83.0 Å². The lowest BCUT2D eigenvalue weighted by atomic mass is 9.86. The number of pyridine rings is 2. The minimum Gasteiger partial charge on any atom is -0.391 e. The van der Waals surface area contributed by atoms with Crippen molar-refractivity contribution < 1.29 is 19.1 Å². The van der Waals surface area contributed by atoms with Gasteiger partial charge in [0.25, 0.3) is 0 Å². The summed E-state index contributed by atoms with van der Waals surface area (Å²) >= 11 is 5.81. The molecular formula is C24H24ClFN6O3. The van der Waals surface area contributed by atoms with E-state index in [0.29, 0.717) is 10.6 Å². The Bertz CT molecular complexity index is 1230. The lowest BCUT2D eigenvalue weighted by molar-refractivity contribution is -0.119. The SMILES string of the molecule is CC(N)(c1ccncc1)c1ccc(F)c(NC(=O)[C@H]2C[C@@H](O)CN2C(=O)Nc2ccc(Cl)cn2)c1. The van der Waals surface area contributed by atoms with Gasteiger partial charge in [-0.05, 0) is 54.4 Å². The number of nitrogens with zero attached hydrogens (tertiary/aromatic N) is 3. The maximum atomic E-state index is 14.6. The third kappa shape index (κ3) is 5.40. The quantitative estimate of drug-likeness (QED) is 0.427. The number of nitrogens with one attached hydrogen (secondary N) is 2. The van der Waals surface area contributed by atoms with Crippen LogP contribution in [0.1, 0.15) is 24.5 Å². The number of hydrogen-bond acceptors (Lipinski definition) is 6. The van der Waals surface area contributed by atoms with Crippen molar-refractivity contribution >= 4 is 35.0 Å². The zero-order valence-corrected chi connectivity index (χ0v) is 19.5. The topological polar surface area (TPSA) is 133 Å². The van der Waals surface area contributed by atoms with E-state index in [-0.39, 0.29) is 24.5 Å². The van der Waals surface area contributed by atoms with Crippen LogP contribution < -0.4 is 16.4 Å². The fraction of sp³-hybridized carbons (Fsp3) is 0.250. The summed E-state index contributed by atoms with van der Waals surface area (Å²) in [6.45, 7) is 1.70. The minimum absolute atomic E-state index is 0.000227. The molecule has 4 rings (SSSR count). The normalized spacial score (nSPS) is 19.2. The zero-order chi connectivity index (χ0) is 25.2. The number of amides is 3. The molecule has 9 nitrogen and oxygen atoms in total. The van der Waals surface area contributed by atoms with Crippen LogP contribution in [0, 0.1) is 5.82 Å². The molecule has 1 fully saturated rings. The molecule has 11 heteroatoms. The number of urea groups is 1. The number of nitrogens with two attached hydrogens (primary N) is 1. The predicted octanol–water partition coefficient (Wildman–Crippen LogP) is 3.10. The van der Waals surface area contributed by atoms with Gasteiger partial charge >= 0.3 is 6.03 Å². The van der Waals surface area contributed by atoms with Gasteiger partial charge in [0, 0.05) is 31.6 Å². The standard InChI is InChI=1S/C24H24ClFN6O3/c1-24(27,14-6-8-28-9-7-14)15-2-4-18(26)19(10-15)30-22(34)20-11-17(33)13-32(20)23(35)31-21-5-3-16(25)12-29-21/h2-10,12,17,20,33H,11,13,27H2,1H3,(H,30,34)(H,29,31,35)/t17-,20-,24?/m1/s1. The number of carbonyl (C=O) groups is 2. The highest BCUT2D eigenvalue weighted by Gasteiger charge is 2.39. The first-order valence-corrected chi connectivity index (χ1v) is 11.2. The highest BCUT2D eigenvalue weighted by Crippen LogP contribution is 2.30. The molecule has 5 N–H and O–H groups in total. The summed E-state index contributed by atoms with van der Waals surface area (Å²) in [7, 11) is 0. The number of rotatable bonds is 5. The van der Waals surface area contributed by atoms with E-state index in [9.17, 15) is 19.1 Å². The minimum atomic E-state index is -1.02. The number of aliphatic hydroxyl groups is 1. The largest absolute Gasteiger partial charge is 0.391 e. The summed E-state index contributed by atoms with van der Waals surface area (Å²) in [6, 6.07) is 9.15. The van der Waals surface area contributed by atoms with E-state index in [0.717, 1.165) is 5.56 Å². The molecule has 35 heavy (non-hydrogen) atoms. The molecule has 3 amide bonds. The van der Waals surface area contributed by atoms with E-state index >= 15 is 0 Å². The van der Waals surface area contributed by atoms with Gasteiger partial charge in [-0.3, -0.25) is 15.1 Å². The number of carbonyl (C=O) groups excluding carboxylic acids is 2. The molecule has 1 unspecified atom stereocenters. The van der Waals surface area contributed by atoms with Crippen LogP contribution in [-0.2, 0) is 10.3 Å². The van der Waals surface area contributed by atoms with Gasteiger partial charge in [0.05, 0.1) is 22.4 Å². The molecule has 0 bridgehead atoms. The second-order valence-corrected chi connectivity index (χ2v) is 8.91. The highest BCUT2D eigenvalue weighted by atomic mass is 35.5. The van der Waals surface area contributed by atoms with Crippen molar-refractivity contribution in [3.63, 3.8) is 0 Å². The summed E-state index contributed by atoms with van der Waals surface area (Å²) in [4.78, 5) is 35.0. The number of aliphatic hydroxyl groups excluding tert-OH is 1. The third-order valence-electron chi connectivity index (χ3n) is 5.91. The van der Waals surface area contributed by atoms with Gasteiger partial charge in [-0.25, -0.2) is 14.2 Å². The molecule has 1 aliphatic rings. The number of likely N-dealkylation sites (tertiary alicyclic amines) is 1. The molecule has 182 valence electrons. The van der Waals surface area contributed by atoms with Crippen molar-refractivity contribution in [2.24, 2.45) is 5.73 Å². The highest BCUT2D eigenvalue weighted by molar-refractivity contribution is 6.30. The van der Waals surface area contributed by atoms with Gasteiger partial charge in [0.15, 0.2) is 0 Å². The summed E-state index contributed by atoms with van der Waals surface area (Å²) < 4.78 is 14.6. The van der Waals surface area contributed by atoms with Gasteiger partial charge in [-0.2, -0.15) is 0 Å². The van der Waals surface area contributed by atoms with E-state index in [1.165, 1.54) is 29.3 Å². The number of anilines is 2. The number of aromatic nitrogens is 2. The fourth-order valence-electron chi connectivity index (χ4n) is 3.94. The Labute approximate surface area is 206 Å². The average molecular weight is 499 g/mol. The van der Waals surface area contributed by atoms with Gasteiger partial charge in [0.2, 0.25) is 5.91 Å². The maximum absolute atomic E-state index is 14.6. The molecule has 0 spiro atoms. The summed E-state index contributed by atoms with van der Waals surface area (Å²) in [5.41, 5.74) is 6.79. The second-order valence-electron chi connectivity index (χ2n) is 8.47. The summed E-state index contributed by atoms with van der Waals surface area (Å²) in [5.74, 6) is -1.07. The molecule has 2 aromatic heterocycles. The van der Waals surface area contributed by atoms with Gasteiger partial charge < -0.3 is 21.1 Å². The van der Waals surface area contributed by atoms with Crippen LogP contribution in [0.4, 0.5) is 20.7 Å². The lowest BCUT2D eigenvalue weighted by Crippen LogP contribution is -2.45. The van der Waals surface area contributed by atoms with Gasteiger partial charge in [0.1, 0.15) is 17.7 Å². The molecule has 0 saturated carbocycles. The van der Waals surface area contributed by atoms with Crippen molar-refractivity contribution in [1.82, 2.24) is 14.9 Å². The average Bonchev–Trinajstić information content (AvgIpc) is 3.24. The molecule has 3 atom stereocenters. The Morgan fingerprint density at radius 2 is 1.91 bits per heavy atom. The van der Waals surface area contributed by atoms with Crippen LogP contribution in [0.2, 0.25) is 5.02 Å². The monoisotopic (exact) mass is 498 g/mol. The van der Waals surface area contributed by atoms with Crippen LogP contribution in [0.5, 0.6) is 0 Å². The number of β-amino-alcohol motifs (C(OH)–C–C–N with tert-alkyl or cyclic N) is 1. The maximum Gasteiger partial charge on any atom is 0.323 e. The second kappa shape index (κ2) is 9.95. The Morgan fingerprint density at radius 3 is 2.60 bits per heavy atom. The van der Waals surface area contributed by atoms with Crippen molar-refractivity contribution in [1.29, 1.82) is 0 Å². The first kappa shape index (κ1) is 24.5. The Hall–Kier alpha value is -3.60. The van der Waals surface area contributed by atoms with Crippen LogP contribution in [0.15, 0.2) is 61.1 Å². The van der Waals surface area contributed by atoms with Gasteiger partial charge in [-0.15, -0.1) is 0 Å². The van der Waals surface area contributed by atoms with Crippen molar-refractivity contribution in [2.45, 2.75) is 31.0 Å². The molecule has 0 radical (unpaired) electrons. The molecule has 0 aliphatic carbocycles. The zero-order valence-electron chi connectivity index (χ0n) is 18.8. The van der Waals surface area contributed by atoms with E-state index in [2.05, 4.69) is 20.6 Å². The van der Waals surface area contributed by atoms with E-state index in [4.69, 9.17) is 17.3 Å². The third-order valence-corrected chi connectivity index (χ3v) is 6.13. The fourth-order valence-corrected chi connectivity index (χ4v) is 4.05. The number of hydrogen-bond donors (Lipinski definition) is 4. The lowest BCUT2D eigenvalue weighted by Gasteiger charge is -2.27. The van der Waals surface area contributed by atoms with Crippen LogP contribution in [0.25, 0.3) is 0 Å². The summed E-state index contributed by atoms with van der Waals surface area (Å²) in [6.07, 6.45) is 3.67. The molecule has 1 saturated heterocycles. The summed E-state index contributed by atoms with van der Waals surface area (Å²) in [5, 5.41) is 15.7. The molecule has 3 heterocycles. The Kier molecular flexibility index (Phi) is 6.97. The van der Waals surface area contributed by atoms with Crippen molar-refractivity contribution in [3.8, 4) is 0 Å². The van der Waals surface area contributed by atoms with Gasteiger partial charge in [-0.1, -0.05) is 17.7 Å². The Balaban J connectivity index is 1.52. The van der Waals surface area contributed by atoms with Crippen molar-refractivity contribution in [2.75, 3.05) is 17.2 Å². The molecular weight excluding hydrogens is 475 g/mol. The number of benzene rings is 1. The van der Waals surface area contributed by atoms with Crippen LogP contribution >= 0.6 is 11.6 Å². The molecule has 1 aromatic carbocycles. The molecule has 3 aromatic rings. The molecule has 1 aliphatic heterocycles. The smallest absolute Gasteiger partial charge is 0.323 e. The van der Waals surface area contributed by atoms with E-state index < -0.39 is 35.4 Å². The Morgan fingerprint density at radius 1 is 1.17 bits per heavy atom. The van der Waals surface area contributed by atoms with E-state index in [1.54, 1.807) is 43.6 Å². The predicted molar refractivity (Wildman–Crippen MR) is 129 cm³/mol. The van der Waals surface area contributed by atoms with E-state index in [1.807, 2.05) is 0 Å². The van der Waals surface area contributed by atoms with Crippen LogP contribution in [-0.4, -0.2) is 50.6 Å². The number of halogens is 2. The van der Waals surface area contributed by atoms with Crippen LogP contribution in [0.3, 0.4) is 0 Å². The first-order valence-electron chi connectivity index (χ1n) is 10.8.